The summed E-state index contributed by atoms with van der Waals surface area (Å²) in [4.78, 5) is 11.4. The minimum absolute atomic E-state index is 0.0143. The molecule has 118 valence electrons. The first-order valence-electron chi connectivity index (χ1n) is 5.90. The number of ether oxygens (including phenoxy) is 1. The van der Waals surface area contributed by atoms with Gasteiger partial charge in [-0.15, -0.1) is 0 Å². The Morgan fingerprint density at radius 2 is 2.09 bits per heavy atom. The Balaban J connectivity index is 2.36. The monoisotopic (exact) mass is 380 g/mol. The van der Waals surface area contributed by atoms with Crippen LogP contribution in [-0.4, -0.2) is 22.9 Å². The number of methoxy groups -OCH3 is 1. The molecule has 0 aliphatic carbocycles. The Morgan fingerprint density at radius 3 is 2.64 bits per heavy atom. The van der Waals surface area contributed by atoms with Crippen LogP contribution >= 0.6 is 15.9 Å². The third kappa shape index (κ3) is 3.29. The summed E-state index contributed by atoms with van der Waals surface area (Å²) in [6.45, 7) is -0.271. The third-order valence-electron chi connectivity index (χ3n) is 2.83. The van der Waals surface area contributed by atoms with Crippen LogP contribution in [0.5, 0.6) is 0 Å². The summed E-state index contributed by atoms with van der Waals surface area (Å²) in [5.41, 5.74) is -1.37. The summed E-state index contributed by atoms with van der Waals surface area (Å²) in [5, 5.41) is 3.37. The van der Waals surface area contributed by atoms with E-state index in [9.17, 15) is 22.4 Å². The number of carbonyl (C=O) groups is 1. The fraction of sp³-hybridized carbons (Fsp3) is 0.231. The predicted molar refractivity (Wildman–Crippen MR) is 71.8 cm³/mol. The van der Waals surface area contributed by atoms with Gasteiger partial charge in [-0.3, -0.25) is 4.68 Å². The van der Waals surface area contributed by atoms with Gasteiger partial charge in [0.25, 0.3) is 0 Å². The van der Waals surface area contributed by atoms with E-state index in [1.54, 1.807) is 0 Å². The molecule has 22 heavy (non-hydrogen) atoms. The molecule has 0 spiro atoms. The number of aromatic nitrogens is 2. The summed E-state index contributed by atoms with van der Waals surface area (Å²) in [6.07, 6.45) is -4.60. The number of benzene rings is 1. The van der Waals surface area contributed by atoms with E-state index >= 15 is 0 Å². The normalized spacial score (nSPS) is 11.5. The quantitative estimate of drug-likeness (QED) is 0.603. The molecule has 0 saturated heterocycles. The Labute approximate surface area is 130 Å². The van der Waals surface area contributed by atoms with E-state index in [2.05, 4.69) is 25.8 Å². The average Bonchev–Trinajstić information content (AvgIpc) is 2.82. The van der Waals surface area contributed by atoms with Gasteiger partial charge in [0.15, 0.2) is 5.69 Å². The molecule has 9 heteroatoms. The van der Waals surface area contributed by atoms with Gasteiger partial charge >= 0.3 is 12.1 Å². The third-order valence-corrected chi connectivity index (χ3v) is 3.46. The van der Waals surface area contributed by atoms with Crippen LogP contribution in [0.1, 0.15) is 21.6 Å². The van der Waals surface area contributed by atoms with Crippen LogP contribution in [-0.2, 0) is 17.5 Å². The summed E-state index contributed by atoms with van der Waals surface area (Å²) in [7, 11) is 1.11. The SMILES string of the molecule is COC(=O)c1cccc(Cn2nc(C(F)(F)F)cc2Br)c1F. The van der Waals surface area contributed by atoms with Gasteiger partial charge in [-0.2, -0.15) is 18.3 Å². The van der Waals surface area contributed by atoms with Crippen molar-refractivity contribution in [2.45, 2.75) is 12.7 Å². The van der Waals surface area contributed by atoms with Crippen LogP contribution in [0, 0.1) is 5.82 Å². The molecule has 0 radical (unpaired) electrons. The molecule has 2 aromatic rings. The Hall–Kier alpha value is -1.90. The molecule has 2 rings (SSSR count). The zero-order chi connectivity index (χ0) is 16.5. The Morgan fingerprint density at radius 1 is 1.41 bits per heavy atom. The molecule has 1 heterocycles. The van der Waals surface area contributed by atoms with Crippen molar-refractivity contribution in [1.29, 1.82) is 0 Å². The molecule has 0 amide bonds. The largest absolute Gasteiger partial charge is 0.465 e. The van der Waals surface area contributed by atoms with Crippen molar-refractivity contribution in [2.24, 2.45) is 0 Å². The Bertz CT molecular complexity index is 713. The molecule has 0 aliphatic rings. The minimum Gasteiger partial charge on any atom is -0.465 e. The molecule has 0 N–H and O–H groups in total. The van der Waals surface area contributed by atoms with Crippen molar-refractivity contribution < 1.29 is 27.1 Å². The van der Waals surface area contributed by atoms with Crippen LogP contribution in [0.15, 0.2) is 28.9 Å². The van der Waals surface area contributed by atoms with Gasteiger partial charge in [-0.1, -0.05) is 12.1 Å². The molecular formula is C13H9BrF4N2O2. The first-order chi connectivity index (χ1) is 10.2. The van der Waals surface area contributed by atoms with E-state index in [4.69, 9.17) is 0 Å². The first-order valence-corrected chi connectivity index (χ1v) is 6.69. The van der Waals surface area contributed by atoms with Crippen LogP contribution < -0.4 is 0 Å². The van der Waals surface area contributed by atoms with Gasteiger partial charge in [0, 0.05) is 11.6 Å². The van der Waals surface area contributed by atoms with Crippen molar-refractivity contribution >= 4 is 21.9 Å². The van der Waals surface area contributed by atoms with Crippen molar-refractivity contribution in [3.05, 3.63) is 51.5 Å². The van der Waals surface area contributed by atoms with Crippen molar-refractivity contribution in [3.8, 4) is 0 Å². The van der Waals surface area contributed by atoms with Gasteiger partial charge in [0.05, 0.1) is 19.2 Å². The summed E-state index contributed by atoms with van der Waals surface area (Å²) >= 11 is 2.94. The van der Waals surface area contributed by atoms with E-state index in [1.807, 2.05) is 0 Å². The van der Waals surface area contributed by atoms with Crippen LogP contribution in [0.3, 0.4) is 0 Å². The number of halogens is 5. The maximum absolute atomic E-state index is 14.2. The molecule has 0 bridgehead atoms. The van der Waals surface area contributed by atoms with Gasteiger partial charge in [-0.25, -0.2) is 9.18 Å². The van der Waals surface area contributed by atoms with Gasteiger partial charge in [0.2, 0.25) is 0 Å². The highest BCUT2D eigenvalue weighted by Crippen LogP contribution is 2.30. The lowest BCUT2D eigenvalue weighted by molar-refractivity contribution is -0.141. The number of hydrogen-bond acceptors (Lipinski definition) is 3. The van der Waals surface area contributed by atoms with Crippen LogP contribution in [0.2, 0.25) is 0 Å². The standard InChI is InChI=1S/C13H9BrF4N2O2/c1-22-12(21)8-4-2-3-7(11(8)15)6-20-10(14)5-9(19-20)13(16,17)18/h2-5H,6H2,1H3. The van der Waals surface area contributed by atoms with Gasteiger partial charge in [0.1, 0.15) is 10.4 Å². The highest BCUT2D eigenvalue weighted by molar-refractivity contribution is 9.10. The van der Waals surface area contributed by atoms with Crippen molar-refractivity contribution in [1.82, 2.24) is 9.78 Å². The topological polar surface area (TPSA) is 44.1 Å². The maximum atomic E-state index is 14.2. The number of rotatable bonds is 3. The van der Waals surface area contributed by atoms with Crippen molar-refractivity contribution in [3.63, 3.8) is 0 Å². The first kappa shape index (κ1) is 16.5. The molecular weight excluding hydrogens is 372 g/mol. The van der Waals surface area contributed by atoms with Crippen LogP contribution in [0.4, 0.5) is 17.6 Å². The molecule has 0 atom stereocenters. The second-order valence-electron chi connectivity index (χ2n) is 4.28. The smallest absolute Gasteiger partial charge is 0.435 e. The van der Waals surface area contributed by atoms with E-state index in [1.165, 1.54) is 18.2 Å². The molecule has 0 saturated carbocycles. The predicted octanol–water partition coefficient (Wildman–Crippen LogP) is 3.64. The summed E-state index contributed by atoms with van der Waals surface area (Å²) in [5.74, 6) is -1.72. The van der Waals surface area contributed by atoms with E-state index in [0.717, 1.165) is 17.9 Å². The molecule has 4 nitrogen and oxygen atoms in total. The fourth-order valence-corrected chi connectivity index (χ4v) is 2.20. The van der Waals surface area contributed by atoms with Gasteiger partial charge in [-0.05, 0) is 22.0 Å². The second-order valence-corrected chi connectivity index (χ2v) is 5.09. The summed E-state index contributed by atoms with van der Waals surface area (Å²) in [6, 6.07) is 4.78. The highest BCUT2D eigenvalue weighted by Gasteiger charge is 2.34. The lowest BCUT2D eigenvalue weighted by atomic mass is 10.1. The molecule has 0 fully saturated rings. The Kier molecular flexibility index (Phi) is 4.55. The molecule has 0 unspecified atom stereocenters. The fourth-order valence-electron chi connectivity index (χ4n) is 1.77. The van der Waals surface area contributed by atoms with Crippen molar-refractivity contribution in [2.75, 3.05) is 7.11 Å². The molecule has 1 aromatic heterocycles. The number of alkyl halides is 3. The van der Waals surface area contributed by atoms with Crippen LogP contribution in [0.25, 0.3) is 0 Å². The lowest BCUT2D eigenvalue weighted by Gasteiger charge is -2.08. The molecule has 1 aromatic carbocycles. The number of hydrogen-bond donors (Lipinski definition) is 0. The van der Waals surface area contributed by atoms with E-state index in [-0.39, 0.29) is 22.3 Å². The van der Waals surface area contributed by atoms with E-state index in [0.29, 0.717) is 0 Å². The number of nitrogens with zero attached hydrogens (tertiary/aromatic N) is 2. The zero-order valence-electron chi connectivity index (χ0n) is 11.1. The molecule has 0 aliphatic heterocycles. The van der Waals surface area contributed by atoms with Gasteiger partial charge < -0.3 is 4.74 Å². The summed E-state index contributed by atoms with van der Waals surface area (Å²) < 4.78 is 57.4. The average molecular weight is 381 g/mol. The highest BCUT2D eigenvalue weighted by atomic mass is 79.9. The van der Waals surface area contributed by atoms with E-state index < -0.39 is 23.7 Å². The second kappa shape index (κ2) is 6.07. The zero-order valence-corrected chi connectivity index (χ0v) is 12.7. The lowest BCUT2D eigenvalue weighted by Crippen LogP contribution is -2.11. The minimum atomic E-state index is -4.60. The number of esters is 1. The number of carbonyl (C=O) groups excluding carboxylic acids is 1. The maximum Gasteiger partial charge on any atom is 0.435 e.